The lowest BCUT2D eigenvalue weighted by atomic mass is 10.1. The Morgan fingerprint density at radius 2 is 1.77 bits per heavy atom. The Hall–Kier alpha value is -3.79. The van der Waals surface area contributed by atoms with Gasteiger partial charge in [0.1, 0.15) is 4.88 Å². The Bertz CT molecular complexity index is 1630. The number of rotatable bonds is 5. The SMILES string of the molecule is Cc1ccc(-n2c(-c3ccc([N+](=O)[O-])cc3)cs/c2=N\NC(=O)c2sc3ccccc3c2Cl)cc1. The van der Waals surface area contributed by atoms with E-state index in [0.29, 0.717) is 14.7 Å². The maximum atomic E-state index is 12.9. The van der Waals surface area contributed by atoms with Crippen molar-refractivity contribution in [2.45, 2.75) is 6.92 Å². The number of aromatic nitrogens is 1. The van der Waals surface area contributed by atoms with E-state index in [-0.39, 0.29) is 5.69 Å². The summed E-state index contributed by atoms with van der Waals surface area (Å²) in [6.07, 6.45) is 0. The lowest BCUT2D eigenvalue weighted by molar-refractivity contribution is -0.384. The van der Waals surface area contributed by atoms with Gasteiger partial charge in [0.2, 0.25) is 4.80 Å². The molecule has 0 radical (unpaired) electrons. The molecule has 0 spiro atoms. The number of hydrogen-bond donors (Lipinski definition) is 1. The van der Waals surface area contributed by atoms with Crippen LogP contribution in [0, 0.1) is 17.0 Å². The van der Waals surface area contributed by atoms with E-state index in [2.05, 4.69) is 10.5 Å². The van der Waals surface area contributed by atoms with Gasteiger partial charge >= 0.3 is 0 Å². The molecule has 0 unspecified atom stereocenters. The number of benzene rings is 3. The molecule has 1 N–H and O–H groups in total. The minimum absolute atomic E-state index is 0.0169. The summed E-state index contributed by atoms with van der Waals surface area (Å²) in [6.45, 7) is 2.00. The molecule has 5 aromatic rings. The first-order chi connectivity index (χ1) is 16.9. The molecule has 0 atom stereocenters. The van der Waals surface area contributed by atoms with E-state index in [1.54, 1.807) is 12.1 Å². The van der Waals surface area contributed by atoms with Gasteiger partial charge in [-0.15, -0.1) is 27.8 Å². The predicted molar refractivity (Wildman–Crippen MR) is 140 cm³/mol. The van der Waals surface area contributed by atoms with Crippen LogP contribution in [0.15, 0.2) is 83.3 Å². The number of carbonyl (C=O) groups excluding carboxylic acids is 1. The van der Waals surface area contributed by atoms with Crippen LogP contribution in [-0.4, -0.2) is 15.4 Å². The van der Waals surface area contributed by atoms with Crippen LogP contribution < -0.4 is 10.2 Å². The molecule has 0 aliphatic heterocycles. The number of hydrogen-bond acceptors (Lipinski definition) is 6. The van der Waals surface area contributed by atoms with E-state index in [1.807, 2.05) is 65.4 Å². The number of nitro groups is 1. The first-order valence-corrected chi connectivity index (χ1v) is 12.5. The number of aryl methyl sites for hydroxylation is 1. The molecule has 0 aliphatic rings. The highest BCUT2D eigenvalue weighted by Gasteiger charge is 2.17. The summed E-state index contributed by atoms with van der Waals surface area (Å²) in [5.41, 5.74) is 6.18. The topological polar surface area (TPSA) is 89.5 Å². The van der Waals surface area contributed by atoms with Gasteiger partial charge in [-0.25, -0.2) is 5.43 Å². The van der Waals surface area contributed by atoms with Crippen molar-refractivity contribution in [1.29, 1.82) is 0 Å². The van der Waals surface area contributed by atoms with Gasteiger partial charge in [-0.3, -0.25) is 19.5 Å². The van der Waals surface area contributed by atoms with Gasteiger partial charge in [0.25, 0.3) is 11.6 Å². The minimum atomic E-state index is -0.430. The van der Waals surface area contributed by atoms with Gasteiger partial charge in [-0.2, -0.15) is 0 Å². The highest BCUT2D eigenvalue weighted by Crippen LogP contribution is 2.35. The number of fused-ring (bicyclic) bond motifs is 1. The number of carbonyl (C=O) groups is 1. The third kappa shape index (κ3) is 4.49. The Morgan fingerprint density at radius 1 is 1.06 bits per heavy atom. The zero-order valence-corrected chi connectivity index (χ0v) is 20.7. The van der Waals surface area contributed by atoms with Gasteiger partial charge in [-0.1, -0.05) is 47.5 Å². The summed E-state index contributed by atoms with van der Waals surface area (Å²) < 4.78 is 2.83. The van der Waals surface area contributed by atoms with Gasteiger partial charge in [0, 0.05) is 33.3 Å². The van der Waals surface area contributed by atoms with Crippen molar-refractivity contribution in [2.24, 2.45) is 5.10 Å². The number of nitrogens with zero attached hydrogens (tertiary/aromatic N) is 3. The molecule has 7 nitrogen and oxygen atoms in total. The first kappa shape index (κ1) is 23.0. The molecule has 0 aliphatic carbocycles. The summed E-state index contributed by atoms with van der Waals surface area (Å²) in [4.78, 5) is 24.5. The van der Waals surface area contributed by atoms with Crippen LogP contribution in [0.2, 0.25) is 5.02 Å². The Balaban J connectivity index is 1.56. The zero-order chi connectivity index (χ0) is 24.5. The van der Waals surface area contributed by atoms with Gasteiger partial charge in [-0.05, 0) is 42.8 Å². The number of nitro benzene ring substituents is 1. The lowest BCUT2D eigenvalue weighted by Gasteiger charge is -2.10. The number of halogens is 1. The van der Waals surface area contributed by atoms with Crippen LogP contribution in [0.5, 0.6) is 0 Å². The molecule has 35 heavy (non-hydrogen) atoms. The van der Waals surface area contributed by atoms with Crippen molar-refractivity contribution in [3.63, 3.8) is 0 Å². The quantitative estimate of drug-likeness (QED) is 0.211. The highest BCUT2D eigenvalue weighted by molar-refractivity contribution is 7.21. The summed E-state index contributed by atoms with van der Waals surface area (Å²) in [7, 11) is 0. The second kappa shape index (κ2) is 9.46. The van der Waals surface area contributed by atoms with Crippen LogP contribution in [-0.2, 0) is 0 Å². The molecule has 3 aromatic carbocycles. The molecule has 5 rings (SSSR count). The summed E-state index contributed by atoms with van der Waals surface area (Å²) in [6, 6.07) is 21.8. The minimum Gasteiger partial charge on any atom is -0.284 e. The largest absolute Gasteiger partial charge is 0.284 e. The van der Waals surface area contributed by atoms with Crippen LogP contribution in [0.4, 0.5) is 5.69 Å². The molecule has 2 aromatic heterocycles. The van der Waals surface area contributed by atoms with Crippen molar-refractivity contribution in [3.05, 3.63) is 109 Å². The third-order valence-electron chi connectivity index (χ3n) is 5.37. The molecular weight excluding hydrogens is 504 g/mol. The Kier molecular flexibility index (Phi) is 6.21. The highest BCUT2D eigenvalue weighted by atomic mass is 35.5. The summed E-state index contributed by atoms with van der Waals surface area (Å²) in [5.74, 6) is -0.392. The second-order valence-electron chi connectivity index (χ2n) is 7.67. The van der Waals surface area contributed by atoms with Crippen molar-refractivity contribution in [1.82, 2.24) is 9.99 Å². The zero-order valence-electron chi connectivity index (χ0n) is 18.3. The fourth-order valence-corrected chi connectivity index (χ4v) is 5.87. The number of thiazole rings is 1. The van der Waals surface area contributed by atoms with E-state index in [4.69, 9.17) is 11.6 Å². The third-order valence-corrected chi connectivity index (χ3v) is 7.87. The van der Waals surface area contributed by atoms with Crippen molar-refractivity contribution >= 4 is 56.0 Å². The predicted octanol–water partition coefficient (Wildman–Crippen LogP) is 6.54. The summed E-state index contributed by atoms with van der Waals surface area (Å²) in [5, 5.41) is 18.6. The molecule has 174 valence electrons. The number of non-ortho nitro benzene ring substituents is 1. The molecule has 0 bridgehead atoms. The summed E-state index contributed by atoms with van der Waals surface area (Å²) >= 11 is 9.11. The number of thiophene rings is 1. The van der Waals surface area contributed by atoms with Crippen molar-refractivity contribution in [3.8, 4) is 16.9 Å². The molecule has 0 saturated heterocycles. The number of nitrogens with one attached hydrogen (secondary N) is 1. The molecule has 10 heteroatoms. The molecule has 0 fully saturated rings. The standard InChI is InChI=1S/C25H17ClN4O3S2/c1-15-6-10-17(11-7-15)29-20(16-8-12-18(13-9-16)30(32)33)14-34-25(29)28-27-24(31)23-22(26)19-4-2-3-5-21(19)35-23/h2-14H,1H3,(H,27,31)/b28-25-. The van der Waals surface area contributed by atoms with Crippen LogP contribution in [0.1, 0.15) is 15.2 Å². The van der Waals surface area contributed by atoms with E-state index in [0.717, 1.165) is 32.6 Å². The lowest BCUT2D eigenvalue weighted by Crippen LogP contribution is -2.23. The average Bonchev–Trinajstić information content (AvgIpc) is 3.44. The fourth-order valence-electron chi connectivity index (χ4n) is 3.60. The van der Waals surface area contributed by atoms with E-state index in [9.17, 15) is 14.9 Å². The normalized spacial score (nSPS) is 11.7. The number of amides is 1. The van der Waals surface area contributed by atoms with Gasteiger partial charge in [0.05, 0.1) is 15.6 Å². The van der Waals surface area contributed by atoms with Gasteiger partial charge < -0.3 is 0 Å². The average molecular weight is 521 g/mol. The van der Waals surface area contributed by atoms with E-state index in [1.165, 1.54) is 34.8 Å². The Labute approximate surface area is 212 Å². The van der Waals surface area contributed by atoms with Crippen LogP contribution in [0.25, 0.3) is 27.0 Å². The fraction of sp³-hybridized carbons (Fsp3) is 0.0400. The molecule has 0 saturated carbocycles. The monoisotopic (exact) mass is 520 g/mol. The van der Waals surface area contributed by atoms with Crippen molar-refractivity contribution in [2.75, 3.05) is 0 Å². The van der Waals surface area contributed by atoms with Crippen molar-refractivity contribution < 1.29 is 9.72 Å². The maximum absolute atomic E-state index is 12.9. The van der Waals surface area contributed by atoms with Crippen LogP contribution in [0.3, 0.4) is 0 Å². The van der Waals surface area contributed by atoms with Gasteiger partial charge in [0.15, 0.2) is 0 Å². The maximum Gasteiger partial charge on any atom is 0.283 e. The second-order valence-corrected chi connectivity index (χ2v) is 9.94. The first-order valence-electron chi connectivity index (χ1n) is 10.5. The molecule has 1 amide bonds. The van der Waals surface area contributed by atoms with Crippen LogP contribution >= 0.6 is 34.3 Å². The van der Waals surface area contributed by atoms with E-state index < -0.39 is 10.8 Å². The smallest absolute Gasteiger partial charge is 0.283 e. The van der Waals surface area contributed by atoms with E-state index >= 15 is 0 Å². The molecular formula is C25H17ClN4O3S2. The molecule has 2 heterocycles. The Morgan fingerprint density at radius 3 is 2.46 bits per heavy atom.